The molecule has 0 aliphatic carbocycles. The first-order valence-electron chi connectivity index (χ1n) is 13.4. The molecule has 2 aliphatic heterocycles. The molecule has 4 rings (SSSR count). The molecule has 2 heterocycles. The topological polar surface area (TPSA) is 49.9 Å². The van der Waals surface area contributed by atoms with E-state index in [1.165, 1.54) is 19.3 Å². The number of benzene rings is 2. The van der Waals surface area contributed by atoms with Gasteiger partial charge in [-0.25, -0.2) is 8.42 Å². The fourth-order valence-electron chi connectivity index (χ4n) is 5.62. The van der Waals surface area contributed by atoms with Gasteiger partial charge in [-0.3, -0.25) is 0 Å². The van der Waals surface area contributed by atoms with Crippen molar-refractivity contribution in [1.29, 1.82) is 0 Å². The summed E-state index contributed by atoms with van der Waals surface area (Å²) in [4.78, 5) is 4.82. The van der Waals surface area contributed by atoms with Crippen LogP contribution < -0.4 is 9.80 Å². The molecule has 1 fully saturated rings. The highest BCUT2D eigenvalue weighted by molar-refractivity contribution is 7.91. The van der Waals surface area contributed by atoms with Crippen LogP contribution in [0.5, 0.6) is 0 Å². The molecule has 0 radical (unpaired) electrons. The number of hydrogen-bond acceptors (Lipinski definition) is 5. The summed E-state index contributed by atoms with van der Waals surface area (Å²) in [7, 11) is 0.756. The average Bonchev–Trinajstić information content (AvgIpc) is 3.36. The molecular formula is C30H42N2O3S. The monoisotopic (exact) mass is 510 g/mol. The van der Waals surface area contributed by atoms with Gasteiger partial charge in [-0.1, -0.05) is 71.1 Å². The molecule has 2 aromatic carbocycles. The van der Waals surface area contributed by atoms with E-state index < -0.39 is 21.0 Å². The Balaban J connectivity index is 1.57. The second kappa shape index (κ2) is 10.6. The maximum atomic E-state index is 13.2. The van der Waals surface area contributed by atoms with E-state index in [1.807, 2.05) is 26.2 Å². The molecule has 2 aromatic rings. The zero-order chi connectivity index (χ0) is 26.0. The molecule has 196 valence electrons. The molecule has 0 bridgehead atoms. The number of unbranched alkanes of at least 4 members (excludes halogenated alkanes) is 5. The minimum Gasteiger partial charge on any atom is -0.378 e. The number of hydrogen-bond donors (Lipinski definition) is 0. The lowest BCUT2D eigenvalue weighted by atomic mass is 9.77. The van der Waals surface area contributed by atoms with Gasteiger partial charge in [-0.05, 0) is 54.0 Å². The van der Waals surface area contributed by atoms with E-state index in [0.717, 1.165) is 48.3 Å². The van der Waals surface area contributed by atoms with E-state index in [-0.39, 0.29) is 5.75 Å². The van der Waals surface area contributed by atoms with E-state index >= 15 is 0 Å². The van der Waals surface area contributed by atoms with Crippen molar-refractivity contribution >= 4 is 27.3 Å². The highest BCUT2D eigenvalue weighted by atomic mass is 32.2. The fourth-order valence-corrected chi connectivity index (χ4v) is 7.01. The van der Waals surface area contributed by atoms with E-state index in [1.54, 1.807) is 6.07 Å². The van der Waals surface area contributed by atoms with Crippen LogP contribution in [0.25, 0.3) is 6.08 Å². The van der Waals surface area contributed by atoms with Crippen molar-refractivity contribution in [3.05, 3.63) is 59.7 Å². The molecule has 0 N–H and O–H groups in total. The van der Waals surface area contributed by atoms with Crippen LogP contribution in [0.1, 0.15) is 70.4 Å². The highest BCUT2D eigenvalue weighted by Gasteiger charge is 2.59. The zero-order valence-electron chi connectivity index (χ0n) is 22.6. The van der Waals surface area contributed by atoms with Gasteiger partial charge in [0.1, 0.15) is 0 Å². The number of fused-ring (bicyclic) bond motifs is 3. The number of anilines is 2. The van der Waals surface area contributed by atoms with Crippen LogP contribution in [0.3, 0.4) is 0 Å². The first-order valence-corrected chi connectivity index (χ1v) is 15.0. The third-order valence-electron chi connectivity index (χ3n) is 7.90. The predicted octanol–water partition coefficient (Wildman–Crippen LogP) is 6.42. The van der Waals surface area contributed by atoms with Crippen LogP contribution in [-0.4, -0.2) is 47.1 Å². The normalized spacial score (nSPS) is 20.6. The molecule has 0 spiro atoms. The van der Waals surface area contributed by atoms with Crippen molar-refractivity contribution < 1.29 is 13.2 Å². The molecule has 2 aliphatic rings. The third kappa shape index (κ3) is 4.95. The minimum absolute atomic E-state index is 0.215. The second-order valence-electron chi connectivity index (χ2n) is 10.9. The van der Waals surface area contributed by atoms with E-state index in [9.17, 15) is 8.42 Å². The van der Waals surface area contributed by atoms with Crippen LogP contribution in [0.4, 0.5) is 11.4 Å². The van der Waals surface area contributed by atoms with Crippen molar-refractivity contribution in [2.45, 2.75) is 75.3 Å². The number of nitrogens with zero attached hydrogens (tertiary/aromatic N) is 2. The molecule has 1 unspecified atom stereocenters. The summed E-state index contributed by atoms with van der Waals surface area (Å²) >= 11 is 0. The first-order chi connectivity index (χ1) is 17.1. The molecule has 5 nitrogen and oxygen atoms in total. The van der Waals surface area contributed by atoms with Gasteiger partial charge in [0, 0.05) is 37.4 Å². The Kier molecular flexibility index (Phi) is 7.86. The quantitative estimate of drug-likeness (QED) is 0.326. The SMILES string of the molecule is CCCCCCCCS(=O)(=O)c1ccc2c(c1)C(C)(C)C1(C=Cc3ccc(N(C)C)cc3)OCCN21. The molecule has 0 aromatic heterocycles. The van der Waals surface area contributed by atoms with Gasteiger partial charge in [0.05, 0.1) is 17.3 Å². The van der Waals surface area contributed by atoms with Crippen LogP contribution in [0, 0.1) is 0 Å². The largest absolute Gasteiger partial charge is 0.378 e. The predicted molar refractivity (Wildman–Crippen MR) is 151 cm³/mol. The Labute approximate surface area is 218 Å². The second-order valence-corrected chi connectivity index (χ2v) is 13.0. The number of ether oxygens (including phenoxy) is 1. The summed E-state index contributed by atoms with van der Waals surface area (Å²) in [5.41, 5.74) is 3.33. The summed E-state index contributed by atoms with van der Waals surface area (Å²) in [5, 5.41) is 0. The Hall–Kier alpha value is -2.31. The van der Waals surface area contributed by atoms with Gasteiger partial charge in [0.25, 0.3) is 0 Å². The number of sulfone groups is 1. The molecule has 0 amide bonds. The first kappa shape index (κ1) is 26.7. The maximum absolute atomic E-state index is 13.2. The van der Waals surface area contributed by atoms with Crippen molar-refractivity contribution in [2.75, 3.05) is 42.8 Å². The Bertz CT molecular complexity index is 1190. The summed E-state index contributed by atoms with van der Waals surface area (Å²) in [6, 6.07) is 14.1. The summed E-state index contributed by atoms with van der Waals surface area (Å²) in [5.74, 6) is 0.215. The van der Waals surface area contributed by atoms with Crippen LogP contribution >= 0.6 is 0 Å². The Morgan fingerprint density at radius 1 is 1.00 bits per heavy atom. The van der Waals surface area contributed by atoms with E-state index in [4.69, 9.17) is 4.74 Å². The molecule has 6 heteroatoms. The molecule has 36 heavy (non-hydrogen) atoms. The van der Waals surface area contributed by atoms with Crippen LogP contribution in [0.15, 0.2) is 53.4 Å². The van der Waals surface area contributed by atoms with Gasteiger partial charge >= 0.3 is 0 Å². The fraction of sp³-hybridized carbons (Fsp3) is 0.533. The number of rotatable bonds is 11. The van der Waals surface area contributed by atoms with Gasteiger partial charge < -0.3 is 14.5 Å². The summed E-state index contributed by atoms with van der Waals surface area (Å²) < 4.78 is 32.8. The summed E-state index contributed by atoms with van der Waals surface area (Å²) in [6.45, 7) is 7.95. The molecule has 0 saturated carbocycles. The van der Waals surface area contributed by atoms with Gasteiger partial charge in [-0.2, -0.15) is 0 Å². The molecule has 1 saturated heterocycles. The standard InChI is InChI=1S/C30H42N2O3S/c1-6-7-8-9-10-11-22-36(33,34)26-16-17-28-27(23-26)29(2,3)30(32(28)20-21-35-30)19-18-24-12-14-25(15-13-24)31(4)5/h12-19,23H,6-11,20-22H2,1-5H3. The lowest BCUT2D eigenvalue weighted by Gasteiger charge is -2.39. The zero-order valence-corrected chi connectivity index (χ0v) is 23.4. The lowest BCUT2D eigenvalue weighted by Crippen LogP contribution is -2.51. The van der Waals surface area contributed by atoms with Crippen molar-refractivity contribution in [3.8, 4) is 0 Å². The molecular weight excluding hydrogens is 468 g/mol. The van der Waals surface area contributed by atoms with Crippen molar-refractivity contribution in [3.63, 3.8) is 0 Å². The van der Waals surface area contributed by atoms with E-state index in [0.29, 0.717) is 11.5 Å². The van der Waals surface area contributed by atoms with E-state index in [2.05, 4.69) is 67.0 Å². The van der Waals surface area contributed by atoms with Gasteiger partial charge in [-0.15, -0.1) is 0 Å². The van der Waals surface area contributed by atoms with Gasteiger partial charge in [0.2, 0.25) is 0 Å². The lowest BCUT2D eigenvalue weighted by molar-refractivity contribution is 0.000293. The summed E-state index contributed by atoms with van der Waals surface area (Å²) in [6.07, 6.45) is 10.7. The highest BCUT2D eigenvalue weighted by Crippen LogP contribution is 2.55. The maximum Gasteiger partial charge on any atom is 0.178 e. The van der Waals surface area contributed by atoms with Crippen molar-refractivity contribution in [1.82, 2.24) is 0 Å². The van der Waals surface area contributed by atoms with Crippen LogP contribution in [0.2, 0.25) is 0 Å². The minimum atomic E-state index is -3.32. The van der Waals surface area contributed by atoms with Crippen LogP contribution in [-0.2, 0) is 20.0 Å². The van der Waals surface area contributed by atoms with Gasteiger partial charge in [0.15, 0.2) is 15.6 Å². The third-order valence-corrected chi connectivity index (χ3v) is 9.70. The average molecular weight is 511 g/mol. The smallest absolute Gasteiger partial charge is 0.178 e. The molecule has 1 atom stereocenters. The Morgan fingerprint density at radius 3 is 2.39 bits per heavy atom. The van der Waals surface area contributed by atoms with Crippen molar-refractivity contribution in [2.24, 2.45) is 0 Å². The Morgan fingerprint density at radius 2 is 1.69 bits per heavy atom.